The van der Waals surface area contributed by atoms with Gasteiger partial charge in [-0.15, -0.1) is 23.2 Å². The van der Waals surface area contributed by atoms with Crippen molar-refractivity contribution in [1.82, 2.24) is 4.90 Å². The van der Waals surface area contributed by atoms with Crippen LogP contribution in [0.5, 0.6) is 0 Å². The monoisotopic (exact) mass is 239 g/mol. The van der Waals surface area contributed by atoms with Gasteiger partial charge in [0.1, 0.15) is 0 Å². The summed E-state index contributed by atoms with van der Waals surface area (Å²) in [6.07, 6.45) is 3.57. The van der Waals surface area contributed by atoms with Gasteiger partial charge in [0.15, 0.2) is 0 Å². The molecule has 0 saturated heterocycles. The molecule has 0 aromatic carbocycles. The first-order chi connectivity index (χ1) is 6.70. The maximum absolute atomic E-state index is 5.76. The van der Waals surface area contributed by atoms with Crippen LogP contribution in [0, 0.1) is 5.92 Å². The average Bonchev–Trinajstić information content (AvgIpc) is 2.14. The molecular formula is C11H23Cl2N. The standard InChI is InChI=1S/C11H23Cl2N/c1-11(2)5-9-14(10-7-13)8-4-3-6-12/h11H,3-10H2,1-2H3. The van der Waals surface area contributed by atoms with E-state index in [4.69, 9.17) is 23.2 Å². The molecule has 0 aliphatic carbocycles. The van der Waals surface area contributed by atoms with Crippen molar-refractivity contribution in [2.24, 2.45) is 5.92 Å². The lowest BCUT2D eigenvalue weighted by molar-refractivity contribution is 0.268. The van der Waals surface area contributed by atoms with E-state index in [0.29, 0.717) is 0 Å². The van der Waals surface area contributed by atoms with Crippen molar-refractivity contribution in [3.8, 4) is 0 Å². The van der Waals surface area contributed by atoms with E-state index in [-0.39, 0.29) is 0 Å². The summed E-state index contributed by atoms with van der Waals surface area (Å²) in [5.41, 5.74) is 0. The van der Waals surface area contributed by atoms with E-state index in [0.717, 1.165) is 37.2 Å². The number of hydrogen-bond acceptors (Lipinski definition) is 1. The summed E-state index contributed by atoms with van der Waals surface area (Å²) >= 11 is 11.4. The van der Waals surface area contributed by atoms with Crippen LogP contribution in [0.1, 0.15) is 33.1 Å². The highest BCUT2D eigenvalue weighted by Gasteiger charge is 2.04. The number of unbranched alkanes of at least 4 members (excludes halogenated alkanes) is 1. The molecule has 0 radical (unpaired) electrons. The number of rotatable bonds is 9. The Labute approximate surface area is 98.8 Å². The molecule has 86 valence electrons. The third-order valence-corrected chi connectivity index (χ3v) is 2.72. The number of halogens is 2. The first-order valence-corrected chi connectivity index (χ1v) is 6.62. The highest BCUT2D eigenvalue weighted by molar-refractivity contribution is 6.18. The quantitative estimate of drug-likeness (QED) is 0.439. The Bertz CT molecular complexity index is 118. The minimum Gasteiger partial charge on any atom is -0.302 e. The highest BCUT2D eigenvalue weighted by Crippen LogP contribution is 2.04. The summed E-state index contributed by atoms with van der Waals surface area (Å²) < 4.78 is 0. The maximum atomic E-state index is 5.76. The third kappa shape index (κ3) is 9.11. The Morgan fingerprint density at radius 2 is 1.64 bits per heavy atom. The van der Waals surface area contributed by atoms with Crippen LogP contribution in [-0.2, 0) is 0 Å². The van der Waals surface area contributed by atoms with Crippen molar-refractivity contribution in [1.29, 1.82) is 0 Å². The number of hydrogen-bond donors (Lipinski definition) is 0. The predicted octanol–water partition coefficient (Wildman–Crippen LogP) is 3.59. The summed E-state index contributed by atoms with van der Waals surface area (Å²) in [4.78, 5) is 2.44. The fraction of sp³-hybridized carbons (Fsp3) is 1.00. The predicted molar refractivity (Wildman–Crippen MR) is 66.6 cm³/mol. The first-order valence-electron chi connectivity index (χ1n) is 5.55. The normalized spacial score (nSPS) is 11.6. The van der Waals surface area contributed by atoms with Crippen LogP contribution in [0.3, 0.4) is 0 Å². The van der Waals surface area contributed by atoms with E-state index >= 15 is 0 Å². The van der Waals surface area contributed by atoms with Crippen LogP contribution in [0.2, 0.25) is 0 Å². The lowest BCUT2D eigenvalue weighted by Crippen LogP contribution is -2.29. The molecule has 3 heteroatoms. The van der Waals surface area contributed by atoms with Crippen LogP contribution in [0.15, 0.2) is 0 Å². The average molecular weight is 240 g/mol. The second-order valence-corrected chi connectivity index (χ2v) is 4.87. The third-order valence-electron chi connectivity index (χ3n) is 2.28. The van der Waals surface area contributed by atoms with E-state index in [2.05, 4.69) is 18.7 Å². The molecule has 0 aliphatic rings. The second-order valence-electron chi connectivity index (χ2n) is 4.11. The van der Waals surface area contributed by atoms with Crippen molar-refractivity contribution in [2.45, 2.75) is 33.1 Å². The van der Waals surface area contributed by atoms with Gasteiger partial charge in [-0.3, -0.25) is 0 Å². The molecule has 0 fully saturated rings. The molecule has 0 spiro atoms. The van der Waals surface area contributed by atoms with Crippen LogP contribution in [-0.4, -0.2) is 36.3 Å². The Hall–Kier alpha value is 0.540. The Morgan fingerprint density at radius 1 is 0.929 bits per heavy atom. The maximum Gasteiger partial charge on any atom is 0.0351 e. The zero-order valence-corrected chi connectivity index (χ0v) is 10.9. The van der Waals surface area contributed by atoms with Crippen molar-refractivity contribution in [2.75, 3.05) is 31.4 Å². The minimum atomic E-state index is 0.735. The smallest absolute Gasteiger partial charge is 0.0351 e. The van der Waals surface area contributed by atoms with Gasteiger partial charge in [0.2, 0.25) is 0 Å². The van der Waals surface area contributed by atoms with Gasteiger partial charge in [-0.2, -0.15) is 0 Å². The first kappa shape index (κ1) is 14.5. The van der Waals surface area contributed by atoms with Crippen molar-refractivity contribution in [3.63, 3.8) is 0 Å². The summed E-state index contributed by atoms with van der Waals surface area (Å²) in [7, 11) is 0. The fourth-order valence-electron chi connectivity index (χ4n) is 1.33. The molecule has 14 heavy (non-hydrogen) atoms. The second kappa shape index (κ2) is 10.1. The van der Waals surface area contributed by atoms with Gasteiger partial charge in [0.05, 0.1) is 0 Å². The SMILES string of the molecule is CC(C)CCN(CCCl)CCCCCl. The Morgan fingerprint density at radius 3 is 2.14 bits per heavy atom. The summed E-state index contributed by atoms with van der Waals surface area (Å²) in [6.45, 7) is 7.85. The topological polar surface area (TPSA) is 3.24 Å². The highest BCUT2D eigenvalue weighted by atomic mass is 35.5. The van der Waals surface area contributed by atoms with Gasteiger partial charge in [0, 0.05) is 18.3 Å². The molecule has 0 aliphatic heterocycles. The van der Waals surface area contributed by atoms with Crippen LogP contribution >= 0.6 is 23.2 Å². The molecule has 0 bridgehead atoms. The van der Waals surface area contributed by atoms with E-state index in [1.165, 1.54) is 19.4 Å². The zero-order chi connectivity index (χ0) is 10.8. The fourth-order valence-corrected chi connectivity index (χ4v) is 1.75. The summed E-state index contributed by atoms with van der Waals surface area (Å²) in [6, 6.07) is 0. The Kier molecular flexibility index (Phi) is 10.5. The molecule has 0 saturated carbocycles. The number of nitrogens with zero attached hydrogens (tertiary/aromatic N) is 1. The molecule has 0 amide bonds. The van der Waals surface area contributed by atoms with Crippen LogP contribution in [0.25, 0.3) is 0 Å². The van der Waals surface area contributed by atoms with E-state index in [1.807, 2.05) is 0 Å². The molecule has 0 atom stereocenters. The van der Waals surface area contributed by atoms with Crippen molar-refractivity contribution in [3.05, 3.63) is 0 Å². The number of alkyl halides is 2. The van der Waals surface area contributed by atoms with Crippen molar-refractivity contribution >= 4 is 23.2 Å². The largest absolute Gasteiger partial charge is 0.302 e. The molecule has 0 heterocycles. The lowest BCUT2D eigenvalue weighted by Gasteiger charge is -2.21. The lowest BCUT2D eigenvalue weighted by atomic mass is 10.1. The molecule has 0 aromatic rings. The minimum absolute atomic E-state index is 0.735. The van der Waals surface area contributed by atoms with Gasteiger partial charge < -0.3 is 4.90 Å². The van der Waals surface area contributed by atoms with E-state index in [1.54, 1.807) is 0 Å². The van der Waals surface area contributed by atoms with E-state index < -0.39 is 0 Å². The van der Waals surface area contributed by atoms with Crippen LogP contribution < -0.4 is 0 Å². The summed E-state index contributed by atoms with van der Waals surface area (Å²) in [5, 5.41) is 0. The Balaban J connectivity index is 3.54. The van der Waals surface area contributed by atoms with Gasteiger partial charge >= 0.3 is 0 Å². The molecule has 1 nitrogen and oxygen atoms in total. The molecule has 0 unspecified atom stereocenters. The molecule has 0 aromatic heterocycles. The van der Waals surface area contributed by atoms with Gasteiger partial charge in [-0.05, 0) is 38.3 Å². The molecule has 0 N–H and O–H groups in total. The summed E-state index contributed by atoms with van der Waals surface area (Å²) in [5.74, 6) is 2.29. The van der Waals surface area contributed by atoms with Crippen molar-refractivity contribution < 1.29 is 0 Å². The van der Waals surface area contributed by atoms with Gasteiger partial charge in [-0.25, -0.2) is 0 Å². The zero-order valence-electron chi connectivity index (χ0n) is 9.44. The van der Waals surface area contributed by atoms with E-state index in [9.17, 15) is 0 Å². The van der Waals surface area contributed by atoms with Gasteiger partial charge in [-0.1, -0.05) is 13.8 Å². The molecule has 0 rings (SSSR count). The molecular weight excluding hydrogens is 217 g/mol. The van der Waals surface area contributed by atoms with Gasteiger partial charge in [0.25, 0.3) is 0 Å². The van der Waals surface area contributed by atoms with Crippen LogP contribution in [0.4, 0.5) is 0 Å².